The minimum atomic E-state index is -0.284. The second kappa shape index (κ2) is 8.18. The molecule has 0 aliphatic carbocycles. The van der Waals surface area contributed by atoms with E-state index in [9.17, 15) is 4.79 Å². The number of hydrogen-bond acceptors (Lipinski definition) is 3. The molecule has 0 saturated carbocycles. The van der Waals surface area contributed by atoms with Gasteiger partial charge >= 0.3 is 0 Å². The maximum atomic E-state index is 12.1. The van der Waals surface area contributed by atoms with Crippen LogP contribution in [0, 0.1) is 0 Å². The lowest BCUT2D eigenvalue weighted by Gasteiger charge is -2.11. The Bertz CT molecular complexity index is 868. The SMILES string of the molecule is O=C(COc1ccc(Br)cc1Cl)Nc1ccnn1Cc1ccccc1. The van der Waals surface area contributed by atoms with Crippen LogP contribution in [0.5, 0.6) is 5.75 Å². The number of aromatic nitrogens is 2. The number of hydrogen-bond donors (Lipinski definition) is 1. The van der Waals surface area contributed by atoms with Crippen LogP contribution in [0.15, 0.2) is 65.3 Å². The largest absolute Gasteiger partial charge is 0.482 e. The average molecular weight is 421 g/mol. The van der Waals surface area contributed by atoms with Crippen LogP contribution in [0.2, 0.25) is 5.02 Å². The van der Waals surface area contributed by atoms with Crippen molar-refractivity contribution in [1.82, 2.24) is 9.78 Å². The zero-order valence-electron chi connectivity index (χ0n) is 13.2. The number of rotatable bonds is 6. The van der Waals surface area contributed by atoms with Crippen LogP contribution in [0.3, 0.4) is 0 Å². The molecule has 2 aromatic carbocycles. The third kappa shape index (κ3) is 4.84. The molecule has 0 unspecified atom stereocenters. The van der Waals surface area contributed by atoms with E-state index in [2.05, 4.69) is 26.3 Å². The highest BCUT2D eigenvalue weighted by Gasteiger charge is 2.10. The summed E-state index contributed by atoms with van der Waals surface area (Å²) < 4.78 is 8.03. The molecule has 5 nitrogen and oxygen atoms in total. The van der Waals surface area contributed by atoms with Gasteiger partial charge in [-0.1, -0.05) is 57.9 Å². The minimum Gasteiger partial charge on any atom is -0.482 e. The first-order chi connectivity index (χ1) is 12.1. The number of nitrogens with zero attached hydrogens (tertiary/aromatic N) is 2. The van der Waals surface area contributed by atoms with Crippen molar-refractivity contribution in [2.24, 2.45) is 0 Å². The Kier molecular flexibility index (Phi) is 5.73. The van der Waals surface area contributed by atoms with E-state index in [4.69, 9.17) is 16.3 Å². The molecule has 1 amide bonds. The summed E-state index contributed by atoms with van der Waals surface area (Å²) in [5.74, 6) is 0.783. The number of carbonyl (C=O) groups excluding carboxylic acids is 1. The lowest BCUT2D eigenvalue weighted by molar-refractivity contribution is -0.118. The molecular formula is C18H15BrClN3O2. The van der Waals surface area contributed by atoms with Gasteiger partial charge in [-0.2, -0.15) is 5.10 Å². The molecule has 0 aliphatic rings. The van der Waals surface area contributed by atoms with E-state index in [0.717, 1.165) is 10.0 Å². The van der Waals surface area contributed by atoms with E-state index < -0.39 is 0 Å². The normalized spacial score (nSPS) is 10.5. The van der Waals surface area contributed by atoms with Gasteiger partial charge in [-0.05, 0) is 23.8 Å². The Labute approximate surface area is 158 Å². The summed E-state index contributed by atoms with van der Waals surface area (Å²) in [6, 6.07) is 16.9. The molecule has 0 atom stereocenters. The fourth-order valence-electron chi connectivity index (χ4n) is 2.24. The van der Waals surface area contributed by atoms with Gasteiger partial charge in [0.25, 0.3) is 5.91 Å². The Morgan fingerprint density at radius 3 is 2.76 bits per heavy atom. The van der Waals surface area contributed by atoms with Crippen molar-refractivity contribution in [2.75, 3.05) is 11.9 Å². The number of benzene rings is 2. The van der Waals surface area contributed by atoms with E-state index in [1.165, 1.54) is 0 Å². The van der Waals surface area contributed by atoms with Crippen molar-refractivity contribution < 1.29 is 9.53 Å². The molecule has 1 heterocycles. The summed E-state index contributed by atoms with van der Waals surface area (Å²) in [7, 11) is 0. The molecule has 0 aliphatic heterocycles. The molecule has 25 heavy (non-hydrogen) atoms. The molecule has 128 valence electrons. The zero-order chi connectivity index (χ0) is 17.6. The second-order valence-electron chi connectivity index (χ2n) is 5.27. The van der Waals surface area contributed by atoms with Gasteiger partial charge in [0.05, 0.1) is 17.8 Å². The van der Waals surface area contributed by atoms with Gasteiger partial charge in [0.1, 0.15) is 11.6 Å². The summed E-state index contributed by atoms with van der Waals surface area (Å²) in [6.45, 7) is 0.431. The first-order valence-electron chi connectivity index (χ1n) is 7.55. The first-order valence-corrected chi connectivity index (χ1v) is 8.72. The topological polar surface area (TPSA) is 56.1 Å². The Balaban J connectivity index is 1.59. The molecule has 0 spiro atoms. The van der Waals surface area contributed by atoms with Crippen molar-refractivity contribution in [3.05, 3.63) is 75.9 Å². The van der Waals surface area contributed by atoms with E-state index in [-0.39, 0.29) is 12.5 Å². The molecule has 3 aromatic rings. The Morgan fingerprint density at radius 1 is 1.20 bits per heavy atom. The second-order valence-corrected chi connectivity index (χ2v) is 6.59. The maximum Gasteiger partial charge on any atom is 0.263 e. The summed E-state index contributed by atoms with van der Waals surface area (Å²) in [5.41, 5.74) is 1.10. The van der Waals surface area contributed by atoms with Gasteiger partial charge in [0, 0.05) is 10.5 Å². The van der Waals surface area contributed by atoms with E-state index in [1.54, 1.807) is 35.1 Å². The smallest absolute Gasteiger partial charge is 0.263 e. The Hall–Kier alpha value is -2.31. The predicted octanol–water partition coefficient (Wildman–Crippen LogP) is 4.36. The third-order valence-corrected chi connectivity index (χ3v) is 4.20. The highest BCUT2D eigenvalue weighted by Crippen LogP contribution is 2.27. The minimum absolute atomic E-state index is 0.141. The molecular weight excluding hydrogens is 406 g/mol. The fraction of sp³-hybridized carbons (Fsp3) is 0.111. The number of halogens is 2. The van der Waals surface area contributed by atoms with Gasteiger partial charge < -0.3 is 10.1 Å². The van der Waals surface area contributed by atoms with Crippen LogP contribution in [0.4, 0.5) is 5.82 Å². The van der Waals surface area contributed by atoms with Gasteiger partial charge in [0.2, 0.25) is 0 Å². The van der Waals surface area contributed by atoms with Crippen molar-refractivity contribution in [3.8, 4) is 5.75 Å². The van der Waals surface area contributed by atoms with Crippen LogP contribution in [0.25, 0.3) is 0 Å². The van der Waals surface area contributed by atoms with Crippen LogP contribution in [-0.4, -0.2) is 22.3 Å². The lowest BCUT2D eigenvalue weighted by Crippen LogP contribution is -2.22. The van der Waals surface area contributed by atoms with E-state index in [1.807, 2.05) is 30.3 Å². The van der Waals surface area contributed by atoms with Crippen LogP contribution in [0.1, 0.15) is 5.56 Å². The summed E-state index contributed by atoms with van der Waals surface area (Å²) >= 11 is 9.39. The molecule has 3 rings (SSSR count). The highest BCUT2D eigenvalue weighted by atomic mass is 79.9. The third-order valence-electron chi connectivity index (χ3n) is 3.41. The van der Waals surface area contributed by atoms with Gasteiger partial charge in [-0.3, -0.25) is 4.79 Å². The maximum absolute atomic E-state index is 12.1. The van der Waals surface area contributed by atoms with Gasteiger partial charge in [0.15, 0.2) is 6.61 Å². The van der Waals surface area contributed by atoms with Crippen molar-refractivity contribution in [3.63, 3.8) is 0 Å². The van der Waals surface area contributed by atoms with Crippen LogP contribution < -0.4 is 10.1 Å². The van der Waals surface area contributed by atoms with Crippen molar-refractivity contribution in [1.29, 1.82) is 0 Å². The molecule has 0 saturated heterocycles. The number of ether oxygens (including phenoxy) is 1. The molecule has 0 radical (unpaired) electrons. The van der Waals surface area contributed by atoms with Crippen LogP contribution >= 0.6 is 27.5 Å². The van der Waals surface area contributed by atoms with Crippen molar-refractivity contribution in [2.45, 2.75) is 6.54 Å². The molecule has 1 aromatic heterocycles. The molecule has 0 bridgehead atoms. The van der Waals surface area contributed by atoms with Gasteiger partial charge in [-0.15, -0.1) is 0 Å². The van der Waals surface area contributed by atoms with E-state index in [0.29, 0.717) is 23.1 Å². The lowest BCUT2D eigenvalue weighted by atomic mass is 10.2. The summed E-state index contributed by atoms with van der Waals surface area (Å²) in [4.78, 5) is 12.1. The zero-order valence-corrected chi connectivity index (χ0v) is 15.5. The van der Waals surface area contributed by atoms with Crippen molar-refractivity contribution >= 4 is 39.3 Å². The molecule has 0 fully saturated rings. The standard InChI is InChI=1S/C18H15BrClN3O2/c19-14-6-7-16(15(20)10-14)25-12-18(24)22-17-8-9-21-23(17)11-13-4-2-1-3-5-13/h1-10H,11-12H2,(H,22,24). The number of amides is 1. The van der Waals surface area contributed by atoms with E-state index >= 15 is 0 Å². The Morgan fingerprint density at radius 2 is 2.00 bits per heavy atom. The molecule has 7 heteroatoms. The highest BCUT2D eigenvalue weighted by molar-refractivity contribution is 9.10. The number of nitrogens with one attached hydrogen (secondary N) is 1. The number of carbonyl (C=O) groups is 1. The molecule has 1 N–H and O–H groups in total. The first kappa shape index (κ1) is 17.5. The summed E-state index contributed by atoms with van der Waals surface area (Å²) in [5, 5.41) is 7.48. The number of anilines is 1. The fourth-order valence-corrected chi connectivity index (χ4v) is 2.96. The average Bonchev–Trinajstić information content (AvgIpc) is 3.02. The van der Waals surface area contributed by atoms with Gasteiger partial charge in [-0.25, -0.2) is 4.68 Å². The van der Waals surface area contributed by atoms with Crippen LogP contribution in [-0.2, 0) is 11.3 Å². The quantitative estimate of drug-likeness (QED) is 0.644. The monoisotopic (exact) mass is 419 g/mol. The summed E-state index contributed by atoms with van der Waals surface area (Å²) in [6.07, 6.45) is 1.64. The predicted molar refractivity (Wildman–Crippen MR) is 101 cm³/mol.